The molecule has 1 aliphatic rings. The minimum Gasteiger partial charge on any atom is -0.398 e. The maximum absolute atomic E-state index is 12.1. The lowest BCUT2D eigenvalue weighted by atomic mass is 10.1. The summed E-state index contributed by atoms with van der Waals surface area (Å²) < 4.78 is 23.6. The SMILES string of the molecule is Nc1cccc(C(=O)NC2CCCS(=O)(=O)C2)c1Br. The number of anilines is 1. The van der Waals surface area contributed by atoms with Crippen LogP contribution in [0.1, 0.15) is 23.2 Å². The Morgan fingerprint density at radius 1 is 1.42 bits per heavy atom. The first-order chi connectivity index (χ1) is 8.89. The van der Waals surface area contributed by atoms with Gasteiger partial charge in [-0.15, -0.1) is 0 Å². The third-order valence-corrected chi connectivity index (χ3v) is 5.78. The lowest BCUT2D eigenvalue weighted by Gasteiger charge is -2.23. The van der Waals surface area contributed by atoms with Gasteiger partial charge in [0.15, 0.2) is 9.84 Å². The summed E-state index contributed by atoms with van der Waals surface area (Å²) in [5, 5.41) is 2.76. The molecular formula is C12H15BrN2O3S. The molecule has 0 bridgehead atoms. The van der Waals surface area contributed by atoms with E-state index in [1.807, 2.05) is 0 Å². The summed E-state index contributed by atoms with van der Waals surface area (Å²) in [7, 11) is -3.03. The number of nitrogens with one attached hydrogen (secondary N) is 1. The van der Waals surface area contributed by atoms with Crippen LogP contribution in [-0.4, -0.2) is 31.9 Å². The molecule has 0 aromatic heterocycles. The van der Waals surface area contributed by atoms with Crippen molar-refractivity contribution in [2.75, 3.05) is 17.2 Å². The first kappa shape index (κ1) is 14.3. The van der Waals surface area contributed by atoms with Crippen LogP contribution in [0.3, 0.4) is 0 Å². The molecule has 1 aromatic rings. The lowest BCUT2D eigenvalue weighted by molar-refractivity contribution is 0.0937. The number of nitrogens with two attached hydrogens (primary N) is 1. The number of nitrogen functional groups attached to an aromatic ring is 1. The van der Waals surface area contributed by atoms with Gasteiger partial charge in [-0.05, 0) is 40.9 Å². The van der Waals surface area contributed by atoms with Gasteiger partial charge in [-0.3, -0.25) is 4.79 Å². The van der Waals surface area contributed by atoms with E-state index >= 15 is 0 Å². The van der Waals surface area contributed by atoms with Crippen LogP contribution in [0.15, 0.2) is 22.7 Å². The highest BCUT2D eigenvalue weighted by Crippen LogP contribution is 2.24. The summed E-state index contributed by atoms with van der Waals surface area (Å²) in [5.74, 6) is -0.0821. The van der Waals surface area contributed by atoms with Crippen LogP contribution in [0.25, 0.3) is 0 Å². The quantitative estimate of drug-likeness (QED) is 0.790. The zero-order chi connectivity index (χ0) is 14.0. The second kappa shape index (κ2) is 5.50. The van der Waals surface area contributed by atoms with E-state index in [0.717, 1.165) is 0 Å². The Bertz CT molecular complexity index is 601. The fourth-order valence-corrected chi connectivity index (χ4v) is 4.21. The molecule has 1 amide bonds. The van der Waals surface area contributed by atoms with Crippen molar-refractivity contribution in [1.82, 2.24) is 5.32 Å². The van der Waals surface area contributed by atoms with E-state index in [9.17, 15) is 13.2 Å². The number of carbonyl (C=O) groups is 1. The molecule has 2 rings (SSSR count). The van der Waals surface area contributed by atoms with Gasteiger partial charge < -0.3 is 11.1 Å². The summed E-state index contributed by atoms with van der Waals surface area (Å²) in [5.41, 5.74) is 6.61. The summed E-state index contributed by atoms with van der Waals surface area (Å²) in [6.07, 6.45) is 1.27. The topological polar surface area (TPSA) is 89.3 Å². The predicted octanol–water partition coefficient (Wildman–Crippen LogP) is 1.34. The molecule has 104 valence electrons. The standard InChI is InChI=1S/C12H15BrN2O3S/c13-11-9(4-1-5-10(11)14)12(16)15-8-3-2-6-19(17,18)7-8/h1,4-5,8H,2-3,6-7,14H2,(H,15,16). The van der Waals surface area contributed by atoms with Crippen molar-refractivity contribution in [3.05, 3.63) is 28.2 Å². The van der Waals surface area contributed by atoms with Crippen LogP contribution in [-0.2, 0) is 9.84 Å². The van der Waals surface area contributed by atoms with E-state index in [0.29, 0.717) is 28.6 Å². The minimum absolute atomic E-state index is 0.0126. The third-order valence-electron chi connectivity index (χ3n) is 3.07. The zero-order valence-corrected chi connectivity index (χ0v) is 12.6. The molecule has 0 saturated carbocycles. The van der Waals surface area contributed by atoms with Crippen molar-refractivity contribution in [2.24, 2.45) is 0 Å². The Morgan fingerprint density at radius 2 is 2.16 bits per heavy atom. The van der Waals surface area contributed by atoms with Gasteiger partial charge in [0.05, 0.1) is 21.5 Å². The van der Waals surface area contributed by atoms with Gasteiger partial charge in [-0.2, -0.15) is 0 Å². The van der Waals surface area contributed by atoms with Crippen molar-refractivity contribution < 1.29 is 13.2 Å². The highest BCUT2D eigenvalue weighted by Gasteiger charge is 2.26. The summed E-state index contributed by atoms with van der Waals surface area (Å²) >= 11 is 3.26. The summed E-state index contributed by atoms with van der Waals surface area (Å²) in [4.78, 5) is 12.1. The highest BCUT2D eigenvalue weighted by atomic mass is 79.9. The molecule has 0 radical (unpaired) electrons. The van der Waals surface area contributed by atoms with Gasteiger partial charge in [0.2, 0.25) is 0 Å². The molecule has 1 saturated heterocycles. The Kier molecular flexibility index (Phi) is 4.15. The minimum atomic E-state index is -3.03. The van der Waals surface area contributed by atoms with E-state index in [2.05, 4.69) is 21.2 Å². The molecule has 19 heavy (non-hydrogen) atoms. The fraction of sp³-hybridized carbons (Fsp3) is 0.417. The molecule has 3 N–H and O–H groups in total. The molecule has 1 aliphatic heterocycles. The number of amides is 1. The van der Waals surface area contributed by atoms with E-state index in [1.165, 1.54) is 0 Å². The first-order valence-corrected chi connectivity index (χ1v) is 8.56. The van der Waals surface area contributed by atoms with Crippen LogP contribution in [0.2, 0.25) is 0 Å². The van der Waals surface area contributed by atoms with Crippen LogP contribution < -0.4 is 11.1 Å². The molecular weight excluding hydrogens is 332 g/mol. The monoisotopic (exact) mass is 346 g/mol. The largest absolute Gasteiger partial charge is 0.398 e. The van der Waals surface area contributed by atoms with Gasteiger partial charge in [-0.25, -0.2) is 8.42 Å². The Balaban J connectivity index is 2.11. The maximum atomic E-state index is 12.1. The van der Waals surface area contributed by atoms with E-state index in [1.54, 1.807) is 18.2 Å². The highest BCUT2D eigenvalue weighted by molar-refractivity contribution is 9.10. The molecule has 0 aliphatic carbocycles. The molecule has 1 heterocycles. The van der Waals surface area contributed by atoms with Crippen molar-refractivity contribution >= 4 is 37.4 Å². The van der Waals surface area contributed by atoms with Crippen molar-refractivity contribution in [1.29, 1.82) is 0 Å². The molecule has 1 unspecified atom stereocenters. The molecule has 7 heteroatoms. The lowest BCUT2D eigenvalue weighted by Crippen LogP contribution is -2.43. The van der Waals surface area contributed by atoms with Gasteiger partial charge in [0.25, 0.3) is 5.91 Å². The smallest absolute Gasteiger partial charge is 0.252 e. The average Bonchev–Trinajstić information content (AvgIpc) is 2.31. The van der Waals surface area contributed by atoms with Crippen molar-refractivity contribution in [2.45, 2.75) is 18.9 Å². The Labute approximate surface area is 120 Å². The first-order valence-electron chi connectivity index (χ1n) is 5.94. The maximum Gasteiger partial charge on any atom is 0.252 e. The average molecular weight is 347 g/mol. The fourth-order valence-electron chi connectivity index (χ4n) is 2.13. The van der Waals surface area contributed by atoms with Crippen LogP contribution in [0.5, 0.6) is 0 Å². The number of halogens is 1. The van der Waals surface area contributed by atoms with E-state index in [-0.39, 0.29) is 23.5 Å². The third kappa shape index (κ3) is 3.48. The number of rotatable bonds is 2. The van der Waals surface area contributed by atoms with Gasteiger partial charge >= 0.3 is 0 Å². The van der Waals surface area contributed by atoms with Crippen molar-refractivity contribution in [3.8, 4) is 0 Å². The van der Waals surface area contributed by atoms with Gasteiger partial charge in [0.1, 0.15) is 0 Å². The molecule has 1 aromatic carbocycles. The van der Waals surface area contributed by atoms with E-state index < -0.39 is 9.84 Å². The predicted molar refractivity (Wildman–Crippen MR) is 77.7 cm³/mol. The molecule has 1 fully saturated rings. The van der Waals surface area contributed by atoms with Crippen LogP contribution in [0.4, 0.5) is 5.69 Å². The normalized spacial score (nSPS) is 21.8. The second-order valence-corrected chi connectivity index (χ2v) is 7.66. The number of sulfone groups is 1. The molecule has 5 nitrogen and oxygen atoms in total. The van der Waals surface area contributed by atoms with Gasteiger partial charge in [0, 0.05) is 11.7 Å². The Morgan fingerprint density at radius 3 is 2.84 bits per heavy atom. The van der Waals surface area contributed by atoms with Gasteiger partial charge in [-0.1, -0.05) is 6.07 Å². The molecule has 0 spiro atoms. The number of hydrogen-bond acceptors (Lipinski definition) is 4. The second-order valence-electron chi connectivity index (χ2n) is 4.64. The summed E-state index contributed by atoms with van der Waals surface area (Å²) in [6, 6.07) is 4.70. The number of benzene rings is 1. The van der Waals surface area contributed by atoms with E-state index in [4.69, 9.17) is 5.73 Å². The van der Waals surface area contributed by atoms with Crippen LogP contribution in [0, 0.1) is 0 Å². The van der Waals surface area contributed by atoms with Crippen molar-refractivity contribution in [3.63, 3.8) is 0 Å². The molecule has 1 atom stereocenters. The summed E-state index contributed by atoms with van der Waals surface area (Å²) in [6.45, 7) is 0. The number of hydrogen-bond donors (Lipinski definition) is 2. The van der Waals surface area contributed by atoms with Crippen LogP contribution >= 0.6 is 15.9 Å². The Hall–Kier alpha value is -1.08. The zero-order valence-electron chi connectivity index (χ0n) is 10.2. The number of carbonyl (C=O) groups excluding carboxylic acids is 1.